The summed E-state index contributed by atoms with van der Waals surface area (Å²) in [6.45, 7) is 7.44. The lowest BCUT2D eigenvalue weighted by Crippen LogP contribution is -2.54. The summed E-state index contributed by atoms with van der Waals surface area (Å²) in [6.07, 6.45) is 6.60. The normalized spacial score (nSPS) is 24.9. The van der Waals surface area contributed by atoms with Crippen LogP contribution < -0.4 is 0 Å². The largest absolute Gasteiger partial charge is 0.340 e. The number of hydrogen-bond acceptors (Lipinski definition) is 3. The molecule has 0 bridgehead atoms. The van der Waals surface area contributed by atoms with Gasteiger partial charge in [-0.3, -0.25) is 9.69 Å². The Balaban J connectivity index is 1.90. The van der Waals surface area contributed by atoms with Crippen molar-refractivity contribution in [3.8, 4) is 6.07 Å². The van der Waals surface area contributed by atoms with Gasteiger partial charge in [0.1, 0.15) is 0 Å². The first kappa shape index (κ1) is 15.3. The monoisotopic (exact) mass is 277 g/mol. The zero-order valence-corrected chi connectivity index (χ0v) is 12.9. The van der Waals surface area contributed by atoms with Gasteiger partial charge < -0.3 is 4.90 Å². The van der Waals surface area contributed by atoms with Crippen LogP contribution in [-0.2, 0) is 4.79 Å². The molecule has 1 atom stereocenters. The highest BCUT2D eigenvalue weighted by molar-refractivity contribution is 5.82. The van der Waals surface area contributed by atoms with E-state index in [4.69, 9.17) is 5.26 Å². The van der Waals surface area contributed by atoms with Crippen LogP contribution in [0.1, 0.15) is 52.4 Å². The molecule has 1 amide bonds. The van der Waals surface area contributed by atoms with E-state index in [1.807, 2.05) is 4.90 Å². The number of nitriles is 1. The number of carbonyl (C=O) groups excluding carboxylic acids is 1. The fourth-order valence-corrected chi connectivity index (χ4v) is 3.60. The Morgan fingerprint density at radius 3 is 2.30 bits per heavy atom. The van der Waals surface area contributed by atoms with Gasteiger partial charge in [0, 0.05) is 31.6 Å². The Kier molecular flexibility index (Phi) is 5.04. The van der Waals surface area contributed by atoms with Gasteiger partial charge in [-0.05, 0) is 19.3 Å². The van der Waals surface area contributed by atoms with Crippen molar-refractivity contribution in [2.45, 2.75) is 58.4 Å². The molecule has 0 aromatic heterocycles. The SMILES string of the molecule is CCC(C#N)N1CCN(C(=O)C2(C)CCCCC2)CC1. The van der Waals surface area contributed by atoms with E-state index < -0.39 is 0 Å². The first-order valence-electron chi connectivity index (χ1n) is 8.04. The van der Waals surface area contributed by atoms with Gasteiger partial charge in [0.05, 0.1) is 12.1 Å². The Morgan fingerprint density at radius 2 is 1.80 bits per heavy atom. The number of carbonyl (C=O) groups is 1. The van der Waals surface area contributed by atoms with Crippen LogP contribution in [0.4, 0.5) is 0 Å². The summed E-state index contributed by atoms with van der Waals surface area (Å²) in [7, 11) is 0. The number of nitrogens with zero attached hydrogens (tertiary/aromatic N) is 3. The average molecular weight is 277 g/mol. The second-order valence-corrected chi connectivity index (χ2v) is 6.50. The van der Waals surface area contributed by atoms with Gasteiger partial charge in [-0.25, -0.2) is 0 Å². The van der Waals surface area contributed by atoms with Gasteiger partial charge in [-0.1, -0.05) is 33.1 Å². The van der Waals surface area contributed by atoms with Crippen molar-refractivity contribution in [1.82, 2.24) is 9.80 Å². The van der Waals surface area contributed by atoms with Crippen LogP contribution in [0.25, 0.3) is 0 Å². The molecule has 0 aromatic carbocycles. The third-order valence-electron chi connectivity index (χ3n) is 5.05. The van der Waals surface area contributed by atoms with Gasteiger partial charge in [0.2, 0.25) is 5.91 Å². The lowest BCUT2D eigenvalue weighted by atomic mass is 9.74. The van der Waals surface area contributed by atoms with Crippen LogP contribution in [0.3, 0.4) is 0 Å². The average Bonchev–Trinajstić information content (AvgIpc) is 2.49. The minimum Gasteiger partial charge on any atom is -0.340 e. The topological polar surface area (TPSA) is 47.3 Å². The van der Waals surface area contributed by atoms with E-state index in [1.54, 1.807) is 0 Å². The lowest BCUT2D eigenvalue weighted by Gasteiger charge is -2.42. The van der Waals surface area contributed by atoms with Crippen molar-refractivity contribution in [3.63, 3.8) is 0 Å². The molecular formula is C16H27N3O. The minimum absolute atomic E-state index is 0.0116. The van der Waals surface area contributed by atoms with E-state index in [9.17, 15) is 4.79 Å². The molecule has 4 heteroatoms. The molecule has 2 fully saturated rings. The molecule has 20 heavy (non-hydrogen) atoms. The summed E-state index contributed by atoms with van der Waals surface area (Å²) in [5, 5.41) is 9.13. The smallest absolute Gasteiger partial charge is 0.228 e. The van der Waals surface area contributed by atoms with Crippen LogP contribution in [0.2, 0.25) is 0 Å². The fourth-order valence-electron chi connectivity index (χ4n) is 3.60. The van der Waals surface area contributed by atoms with E-state index in [-0.39, 0.29) is 11.5 Å². The molecule has 2 aliphatic rings. The van der Waals surface area contributed by atoms with Gasteiger partial charge in [-0.15, -0.1) is 0 Å². The summed E-state index contributed by atoms with van der Waals surface area (Å²) in [4.78, 5) is 17.0. The molecule has 2 rings (SSSR count). The molecule has 1 heterocycles. The van der Waals surface area contributed by atoms with E-state index in [0.717, 1.165) is 45.4 Å². The van der Waals surface area contributed by atoms with Gasteiger partial charge in [0.15, 0.2) is 0 Å². The minimum atomic E-state index is -0.125. The van der Waals surface area contributed by atoms with E-state index in [1.165, 1.54) is 19.3 Å². The predicted molar refractivity (Wildman–Crippen MR) is 79.0 cm³/mol. The first-order chi connectivity index (χ1) is 9.60. The molecule has 1 aliphatic carbocycles. The number of rotatable bonds is 3. The summed E-state index contributed by atoms with van der Waals surface area (Å²) in [5.41, 5.74) is -0.125. The Hall–Kier alpha value is -1.08. The highest BCUT2D eigenvalue weighted by Gasteiger charge is 2.38. The Bertz CT molecular complexity index is 374. The molecule has 4 nitrogen and oxygen atoms in total. The molecule has 0 N–H and O–H groups in total. The highest BCUT2D eigenvalue weighted by atomic mass is 16.2. The van der Waals surface area contributed by atoms with Crippen LogP contribution in [-0.4, -0.2) is 47.9 Å². The molecule has 0 spiro atoms. The third kappa shape index (κ3) is 3.15. The quantitative estimate of drug-likeness (QED) is 0.796. The van der Waals surface area contributed by atoms with Crippen LogP contribution >= 0.6 is 0 Å². The number of hydrogen-bond donors (Lipinski definition) is 0. The van der Waals surface area contributed by atoms with Crippen LogP contribution in [0, 0.1) is 16.7 Å². The molecule has 1 unspecified atom stereocenters. The molecule has 1 aliphatic heterocycles. The molecule has 0 radical (unpaired) electrons. The van der Waals surface area contributed by atoms with Crippen molar-refractivity contribution >= 4 is 5.91 Å². The van der Waals surface area contributed by atoms with Gasteiger partial charge >= 0.3 is 0 Å². The van der Waals surface area contributed by atoms with Crippen LogP contribution in [0.15, 0.2) is 0 Å². The number of amides is 1. The maximum Gasteiger partial charge on any atom is 0.228 e. The molecule has 0 aromatic rings. The first-order valence-corrected chi connectivity index (χ1v) is 8.04. The predicted octanol–water partition coefficient (Wildman–Crippen LogP) is 2.40. The van der Waals surface area contributed by atoms with E-state index in [2.05, 4.69) is 24.8 Å². The van der Waals surface area contributed by atoms with Crippen molar-refractivity contribution < 1.29 is 4.79 Å². The summed E-state index contributed by atoms with van der Waals surface area (Å²) in [5.74, 6) is 0.349. The number of piperazine rings is 1. The van der Waals surface area contributed by atoms with Gasteiger partial charge in [-0.2, -0.15) is 5.26 Å². The van der Waals surface area contributed by atoms with Crippen molar-refractivity contribution in [1.29, 1.82) is 5.26 Å². The summed E-state index contributed by atoms with van der Waals surface area (Å²) >= 11 is 0. The Labute approximate surface area is 122 Å². The Morgan fingerprint density at radius 1 is 1.20 bits per heavy atom. The highest BCUT2D eigenvalue weighted by Crippen LogP contribution is 2.37. The molecule has 1 saturated carbocycles. The fraction of sp³-hybridized carbons (Fsp3) is 0.875. The standard InChI is InChI=1S/C16H27N3O/c1-3-14(13-17)18-9-11-19(12-10-18)15(20)16(2)7-5-4-6-8-16/h14H,3-12H2,1-2H3. The lowest BCUT2D eigenvalue weighted by molar-refractivity contribution is -0.145. The summed E-state index contributed by atoms with van der Waals surface area (Å²) in [6, 6.07) is 2.37. The van der Waals surface area contributed by atoms with Crippen LogP contribution in [0.5, 0.6) is 0 Å². The zero-order chi connectivity index (χ0) is 14.6. The van der Waals surface area contributed by atoms with E-state index in [0.29, 0.717) is 5.91 Å². The van der Waals surface area contributed by atoms with Gasteiger partial charge in [0.25, 0.3) is 0 Å². The molecule has 1 saturated heterocycles. The second-order valence-electron chi connectivity index (χ2n) is 6.50. The second kappa shape index (κ2) is 6.58. The zero-order valence-electron chi connectivity index (χ0n) is 12.9. The third-order valence-corrected chi connectivity index (χ3v) is 5.05. The summed E-state index contributed by atoms with van der Waals surface area (Å²) < 4.78 is 0. The van der Waals surface area contributed by atoms with Crippen molar-refractivity contribution in [3.05, 3.63) is 0 Å². The maximum absolute atomic E-state index is 12.7. The molecule has 112 valence electrons. The van der Waals surface area contributed by atoms with Crippen molar-refractivity contribution in [2.24, 2.45) is 5.41 Å². The van der Waals surface area contributed by atoms with Crippen molar-refractivity contribution in [2.75, 3.05) is 26.2 Å². The molecular weight excluding hydrogens is 250 g/mol. The maximum atomic E-state index is 12.7. The van der Waals surface area contributed by atoms with E-state index >= 15 is 0 Å².